The number of aromatic amines is 1. The van der Waals surface area contributed by atoms with Crippen LogP contribution < -0.4 is 5.32 Å². The molecule has 0 bridgehead atoms. The number of carbonyl (C=O) groups excluding carboxylic acids is 1. The fourth-order valence-electron chi connectivity index (χ4n) is 2.09. The summed E-state index contributed by atoms with van der Waals surface area (Å²) in [5.74, 6) is 1.29. The molecule has 1 aromatic carbocycles. The molecule has 2 heterocycles. The Kier molecular flexibility index (Phi) is 2.76. The summed E-state index contributed by atoms with van der Waals surface area (Å²) in [5, 5.41) is 2.90. The van der Waals surface area contributed by atoms with E-state index in [-0.39, 0.29) is 5.91 Å². The highest BCUT2D eigenvalue weighted by Crippen LogP contribution is 2.19. The fourth-order valence-corrected chi connectivity index (χ4v) is 2.09. The maximum Gasteiger partial charge on any atom is 0.224 e. The van der Waals surface area contributed by atoms with Crippen LogP contribution in [0.15, 0.2) is 18.2 Å². The van der Waals surface area contributed by atoms with Crippen molar-refractivity contribution in [3.05, 3.63) is 24.0 Å². The topological polar surface area (TPSA) is 67.0 Å². The van der Waals surface area contributed by atoms with Gasteiger partial charge >= 0.3 is 0 Å². The van der Waals surface area contributed by atoms with E-state index in [0.717, 1.165) is 22.5 Å². The number of fused-ring (bicyclic) bond motifs is 1. The molecule has 18 heavy (non-hydrogen) atoms. The van der Waals surface area contributed by atoms with Gasteiger partial charge in [0.05, 0.1) is 24.2 Å². The van der Waals surface area contributed by atoms with E-state index in [9.17, 15) is 4.79 Å². The Morgan fingerprint density at radius 2 is 2.39 bits per heavy atom. The third-order valence-corrected chi connectivity index (χ3v) is 3.07. The molecule has 0 saturated carbocycles. The van der Waals surface area contributed by atoms with Crippen molar-refractivity contribution in [2.75, 3.05) is 18.5 Å². The SMILES string of the molecule is Cc1nc2ccc(NC(=O)CC3COC3)cc2[nH]1. The predicted molar refractivity (Wildman–Crippen MR) is 68.4 cm³/mol. The van der Waals surface area contributed by atoms with E-state index >= 15 is 0 Å². The third-order valence-electron chi connectivity index (χ3n) is 3.07. The number of benzene rings is 1. The van der Waals surface area contributed by atoms with Crippen LogP contribution in [0.2, 0.25) is 0 Å². The number of hydrogen-bond donors (Lipinski definition) is 2. The lowest BCUT2D eigenvalue weighted by molar-refractivity contribution is -0.121. The summed E-state index contributed by atoms with van der Waals surface area (Å²) in [6, 6.07) is 5.68. The fraction of sp³-hybridized carbons (Fsp3) is 0.385. The molecule has 0 spiro atoms. The average Bonchev–Trinajstić information content (AvgIpc) is 2.63. The van der Waals surface area contributed by atoms with Crippen LogP contribution in [0.1, 0.15) is 12.2 Å². The van der Waals surface area contributed by atoms with Crippen LogP contribution >= 0.6 is 0 Å². The third kappa shape index (κ3) is 2.22. The summed E-state index contributed by atoms with van der Waals surface area (Å²) < 4.78 is 5.05. The van der Waals surface area contributed by atoms with E-state index in [1.807, 2.05) is 25.1 Å². The molecule has 1 fully saturated rings. The summed E-state index contributed by atoms with van der Waals surface area (Å²) >= 11 is 0. The number of hydrogen-bond acceptors (Lipinski definition) is 3. The minimum Gasteiger partial charge on any atom is -0.381 e. The first-order valence-electron chi connectivity index (χ1n) is 6.05. The van der Waals surface area contributed by atoms with E-state index in [1.54, 1.807) is 0 Å². The molecule has 5 nitrogen and oxygen atoms in total. The first-order chi connectivity index (χ1) is 8.70. The standard InChI is InChI=1S/C13H15N3O2/c1-8-14-11-3-2-10(5-12(11)15-8)16-13(17)4-9-6-18-7-9/h2-3,5,9H,4,6-7H2,1H3,(H,14,15)(H,16,17). The molecule has 0 radical (unpaired) electrons. The zero-order chi connectivity index (χ0) is 12.5. The van der Waals surface area contributed by atoms with Gasteiger partial charge in [0.15, 0.2) is 0 Å². The lowest BCUT2D eigenvalue weighted by atomic mass is 10.0. The van der Waals surface area contributed by atoms with Crippen LogP contribution in [0.25, 0.3) is 11.0 Å². The van der Waals surface area contributed by atoms with E-state index in [4.69, 9.17) is 4.74 Å². The zero-order valence-corrected chi connectivity index (χ0v) is 10.2. The molecule has 1 saturated heterocycles. The van der Waals surface area contributed by atoms with Gasteiger partial charge in [-0.2, -0.15) is 0 Å². The number of nitrogens with zero attached hydrogens (tertiary/aromatic N) is 1. The predicted octanol–water partition coefficient (Wildman–Crippen LogP) is 1.85. The first-order valence-corrected chi connectivity index (χ1v) is 6.05. The molecular weight excluding hydrogens is 230 g/mol. The number of ether oxygens (including phenoxy) is 1. The summed E-state index contributed by atoms with van der Waals surface area (Å²) in [6.45, 7) is 3.31. The lowest BCUT2D eigenvalue weighted by Gasteiger charge is -2.25. The van der Waals surface area contributed by atoms with Gasteiger partial charge in [-0.1, -0.05) is 0 Å². The second-order valence-electron chi connectivity index (χ2n) is 4.71. The van der Waals surface area contributed by atoms with Crippen LogP contribution in [0.4, 0.5) is 5.69 Å². The van der Waals surface area contributed by atoms with Gasteiger partial charge in [-0.25, -0.2) is 4.98 Å². The first kappa shape index (κ1) is 11.2. The Hall–Kier alpha value is -1.88. The van der Waals surface area contributed by atoms with Gasteiger partial charge in [0.1, 0.15) is 5.82 Å². The van der Waals surface area contributed by atoms with Gasteiger partial charge in [-0.05, 0) is 25.1 Å². The summed E-state index contributed by atoms with van der Waals surface area (Å²) in [4.78, 5) is 19.2. The number of aryl methyl sites for hydroxylation is 1. The summed E-state index contributed by atoms with van der Waals surface area (Å²) in [5.41, 5.74) is 2.66. The van der Waals surface area contributed by atoms with E-state index in [1.165, 1.54) is 0 Å². The molecule has 94 valence electrons. The number of rotatable bonds is 3. The van der Waals surface area contributed by atoms with Crippen molar-refractivity contribution in [3.8, 4) is 0 Å². The molecule has 0 unspecified atom stereocenters. The number of H-pyrrole nitrogens is 1. The normalized spacial score (nSPS) is 15.6. The molecule has 3 rings (SSSR count). The minimum atomic E-state index is 0.0406. The molecular formula is C13H15N3O2. The van der Waals surface area contributed by atoms with Gasteiger partial charge in [0.25, 0.3) is 0 Å². The van der Waals surface area contributed by atoms with Crippen molar-refractivity contribution in [2.45, 2.75) is 13.3 Å². The van der Waals surface area contributed by atoms with Gasteiger partial charge in [-0.15, -0.1) is 0 Å². The number of nitrogens with one attached hydrogen (secondary N) is 2. The molecule has 0 aliphatic carbocycles. The number of carbonyl (C=O) groups is 1. The van der Waals surface area contributed by atoms with Crippen LogP contribution in [-0.2, 0) is 9.53 Å². The van der Waals surface area contributed by atoms with E-state index in [2.05, 4.69) is 15.3 Å². The van der Waals surface area contributed by atoms with Crippen LogP contribution in [0, 0.1) is 12.8 Å². The molecule has 5 heteroatoms. The smallest absolute Gasteiger partial charge is 0.224 e. The number of imidazole rings is 1. The highest BCUT2D eigenvalue weighted by molar-refractivity contribution is 5.93. The highest BCUT2D eigenvalue weighted by Gasteiger charge is 2.21. The van der Waals surface area contributed by atoms with Crippen molar-refractivity contribution in [2.24, 2.45) is 5.92 Å². The second kappa shape index (κ2) is 4.42. The second-order valence-corrected chi connectivity index (χ2v) is 4.71. The van der Waals surface area contributed by atoms with Crippen LogP contribution in [-0.4, -0.2) is 29.1 Å². The Bertz CT molecular complexity index is 587. The van der Waals surface area contributed by atoms with E-state index < -0.39 is 0 Å². The molecule has 0 atom stereocenters. The van der Waals surface area contributed by atoms with Crippen molar-refractivity contribution < 1.29 is 9.53 Å². The maximum atomic E-state index is 11.8. The summed E-state index contributed by atoms with van der Waals surface area (Å²) in [6.07, 6.45) is 0.528. The van der Waals surface area contributed by atoms with Crippen molar-refractivity contribution in [1.82, 2.24) is 9.97 Å². The molecule has 2 aromatic rings. The Morgan fingerprint density at radius 1 is 1.56 bits per heavy atom. The molecule has 1 amide bonds. The molecule has 1 aliphatic rings. The van der Waals surface area contributed by atoms with Gasteiger partial charge < -0.3 is 15.0 Å². The van der Waals surface area contributed by atoms with E-state index in [0.29, 0.717) is 25.6 Å². The Morgan fingerprint density at radius 3 is 3.11 bits per heavy atom. The summed E-state index contributed by atoms with van der Waals surface area (Å²) in [7, 11) is 0. The van der Waals surface area contributed by atoms with Gasteiger partial charge in [0.2, 0.25) is 5.91 Å². The van der Waals surface area contributed by atoms with Crippen molar-refractivity contribution >= 4 is 22.6 Å². The van der Waals surface area contributed by atoms with Crippen molar-refractivity contribution in [1.29, 1.82) is 0 Å². The lowest BCUT2D eigenvalue weighted by Crippen LogP contribution is -2.31. The number of anilines is 1. The van der Waals surface area contributed by atoms with Crippen LogP contribution in [0.3, 0.4) is 0 Å². The molecule has 2 N–H and O–H groups in total. The molecule has 1 aromatic heterocycles. The van der Waals surface area contributed by atoms with Crippen molar-refractivity contribution in [3.63, 3.8) is 0 Å². The largest absolute Gasteiger partial charge is 0.381 e. The quantitative estimate of drug-likeness (QED) is 0.867. The van der Waals surface area contributed by atoms with Gasteiger partial charge in [-0.3, -0.25) is 4.79 Å². The zero-order valence-electron chi connectivity index (χ0n) is 10.2. The monoisotopic (exact) mass is 245 g/mol. The number of amides is 1. The average molecular weight is 245 g/mol. The van der Waals surface area contributed by atoms with Gasteiger partial charge in [0, 0.05) is 18.0 Å². The Balaban J connectivity index is 1.71. The molecule has 1 aliphatic heterocycles. The van der Waals surface area contributed by atoms with Crippen LogP contribution in [0.5, 0.6) is 0 Å². The minimum absolute atomic E-state index is 0.0406. The number of aromatic nitrogens is 2. The maximum absolute atomic E-state index is 11.8. The highest BCUT2D eigenvalue weighted by atomic mass is 16.5. The Labute approximate surface area is 105 Å².